The van der Waals surface area contributed by atoms with Gasteiger partial charge in [-0.1, -0.05) is 18.2 Å². The van der Waals surface area contributed by atoms with E-state index in [9.17, 15) is 0 Å². The first-order valence-electron chi connectivity index (χ1n) is 5.96. The second-order valence-corrected chi connectivity index (χ2v) is 4.30. The highest BCUT2D eigenvalue weighted by Gasteiger charge is 2.12. The van der Waals surface area contributed by atoms with Gasteiger partial charge in [-0.3, -0.25) is 10.3 Å². The molecule has 0 bridgehead atoms. The molecular weight excluding hydrogens is 214 g/mol. The van der Waals surface area contributed by atoms with E-state index < -0.39 is 0 Å². The minimum Gasteiger partial charge on any atom is -0.379 e. The van der Waals surface area contributed by atoms with Crippen LogP contribution < -0.4 is 5.32 Å². The third kappa shape index (κ3) is 3.54. The summed E-state index contributed by atoms with van der Waals surface area (Å²) in [6, 6.07) is 8.17. The van der Waals surface area contributed by atoms with Gasteiger partial charge in [0.2, 0.25) is 0 Å². The molecule has 0 unspecified atom stereocenters. The van der Waals surface area contributed by atoms with Crippen LogP contribution in [0, 0.1) is 5.41 Å². The van der Waals surface area contributed by atoms with Gasteiger partial charge in [0.15, 0.2) is 0 Å². The normalized spacial score (nSPS) is 16.8. The maximum atomic E-state index is 7.50. The molecule has 0 spiro atoms. The third-order valence-electron chi connectivity index (χ3n) is 2.84. The second kappa shape index (κ2) is 5.80. The van der Waals surface area contributed by atoms with E-state index in [4.69, 9.17) is 10.1 Å². The highest BCUT2D eigenvalue weighted by Crippen LogP contribution is 2.17. The average molecular weight is 233 g/mol. The molecule has 0 saturated carbocycles. The van der Waals surface area contributed by atoms with Crippen LogP contribution in [0.1, 0.15) is 12.5 Å². The molecule has 4 heteroatoms. The molecule has 0 amide bonds. The largest absolute Gasteiger partial charge is 0.379 e. The Balaban J connectivity index is 2.05. The molecule has 0 aromatic heterocycles. The summed E-state index contributed by atoms with van der Waals surface area (Å²) in [5, 5.41) is 10.6. The fourth-order valence-electron chi connectivity index (χ4n) is 1.98. The number of morpholine rings is 1. The van der Waals surface area contributed by atoms with Crippen molar-refractivity contribution in [1.29, 1.82) is 5.41 Å². The fraction of sp³-hybridized carbons (Fsp3) is 0.462. The predicted octanol–water partition coefficient (Wildman–Crippen LogP) is 1.93. The van der Waals surface area contributed by atoms with E-state index in [1.807, 2.05) is 18.2 Å². The summed E-state index contributed by atoms with van der Waals surface area (Å²) in [7, 11) is 0. The molecule has 0 atom stereocenters. The number of hydrogen-bond acceptors (Lipinski definition) is 3. The summed E-state index contributed by atoms with van der Waals surface area (Å²) < 4.78 is 5.34. The Kier molecular flexibility index (Phi) is 4.12. The van der Waals surface area contributed by atoms with Gasteiger partial charge in [0.25, 0.3) is 0 Å². The van der Waals surface area contributed by atoms with Gasteiger partial charge in [0.1, 0.15) is 0 Å². The van der Waals surface area contributed by atoms with E-state index in [1.165, 1.54) is 5.56 Å². The van der Waals surface area contributed by atoms with Crippen LogP contribution >= 0.6 is 0 Å². The van der Waals surface area contributed by atoms with Crippen molar-refractivity contribution in [2.75, 3.05) is 31.6 Å². The van der Waals surface area contributed by atoms with Crippen molar-refractivity contribution in [3.63, 3.8) is 0 Å². The molecule has 0 radical (unpaired) electrons. The highest BCUT2D eigenvalue weighted by molar-refractivity contribution is 5.91. The summed E-state index contributed by atoms with van der Waals surface area (Å²) >= 11 is 0. The van der Waals surface area contributed by atoms with Crippen LogP contribution in [0.15, 0.2) is 24.3 Å². The Bertz CT molecular complexity index is 386. The van der Waals surface area contributed by atoms with Crippen LogP contribution in [0.3, 0.4) is 0 Å². The maximum Gasteiger partial charge on any atom is 0.0944 e. The van der Waals surface area contributed by atoms with Crippen molar-refractivity contribution in [3.05, 3.63) is 29.8 Å². The Morgan fingerprint density at radius 1 is 1.35 bits per heavy atom. The first-order chi connectivity index (χ1) is 8.25. The van der Waals surface area contributed by atoms with Crippen molar-refractivity contribution >= 4 is 11.5 Å². The Morgan fingerprint density at radius 3 is 2.76 bits per heavy atom. The quantitative estimate of drug-likeness (QED) is 0.619. The fourth-order valence-corrected chi connectivity index (χ4v) is 1.98. The predicted molar refractivity (Wildman–Crippen MR) is 69.6 cm³/mol. The molecular formula is C13H19N3O. The molecule has 17 heavy (non-hydrogen) atoms. The van der Waals surface area contributed by atoms with E-state index in [-0.39, 0.29) is 0 Å². The van der Waals surface area contributed by atoms with Crippen LogP contribution in [0.25, 0.3) is 0 Å². The SMILES string of the molecule is CC(=N)Nc1ccccc1CN1CCOCC1. The van der Waals surface area contributed by atoms with Crippen molar-refractivity contribution in [3.8, 4) is 0 Å². The number of benzene rings is 1. The molecule has 2 N–H and O–H groups in total. The molecule has 1 saturated heterocycles. The number of rotatable bonds is 3. The molecule has 1 aliphatic rings. The number of para-hydroxylation sites is 1. The lowest BCUT2D eigenvalue weighted by atomic mass is 10.1. The zero-order valence-electron chi connectivity index (χ0n) is 10.2. The zero-order chi connectivity index (χ0) is 12.1. The number of nitrogens with zero attached hydrogens (tertiary/aromatic N) is 1. The summed E-state index contributed by atoms with van der Waals surface area (Å²) in [6.45, 7) is 6.28. The van der Waals surface area contributed by atoms with Crippen LogP contribution in [0.4, 0.5) is 5.69 Å². The molecule has 1 aromatic rings. The summed E-state index contributed by atoms with van der Waals surface area (Å²) in [6.07, 6.45) is 0. The van der Waals surface area contributed by atoms with Crippen LogP contribution in [-0.2, 0) is 11.3 Å². The van der Waals surface area contributed by atoms with E-state index in [0.29, 0.717) is 5.84 Å². The van der Waals surface area contributed by atoms with Gasteiger partial charge in [-0.05, 0) is 18.6 Å². The molecule has 2 rings (SSSR count). The molecule has 0 aliphatic carbocycles. The number of nitrogens with one attached hydrogen (secondary N) is 2. The lowest BCUT2D eigenvalue weighted by Crippen LogP contribution is -2.35. The van der Waals surface area contributed by atoms with Crippen molar-refractivity contribution in [2.45, 2.75) is 13.5 Å². The minimum atomic E-state index is 0.472. The van der Waals surface area contributed by atoms with E-state index >= 15 is 0 Å². The average Bonchev–Trinajstić information content (AvgIpc) is 2.32. The van der Waals surface area contributed by atoms with Crippen molar-refractivity contribution in [1.82, 2.24) is 4.90 Å². The number of hydrogen-bond donors (Lipinski definition) is 2. The Hall–Kier alpha value is -1.39. The van der Waals surface area contributed by atoms with Crippen LogP contribution in [0.2, 0.25) is 0 Å². The molecule has 1 fully saturated rings. The number of anilines is 1. The first-order valence-corrected chi connectivity index (χ1v) is 5.96. The van der Waals surface area contributed by atoms with Gasteiger partial charge in [-0.25, -0.2) is 0 Å². The van der Waals surface area contributed by atoms with Crippen molar-refractivity contribution < 1.29 is 4.74 Å². The molecule has 1 aliphatic heterocycles. The summed E-state index contributed by atoms with van der Waals surface area (Å²) in [5.41, 5.74) is 2.27. The molecule has 92 valence electrons. The number of amidine groups is 1. The van der Waals surface area contributed by atoms with Gasteiger partial charge in [0, 0.05) is 25.3 Å². The van der Waals surface area contributed by atoms with Gasteiger partial charge in [-0.15, -0.1) is 0 Å². The first kappa shape index (κ1) is 12.1. The van der Waals surface area contributed by atoms with Gasteiger partial charge in [0.05, 0.1) is 19.0 Å². The minimum absolute atomic E-state index is 0.472. The topological polar surface area (TPSA) is 48.4 Å². The van der Waals surface area contributed by atoms with Crippen LogP contribution in [0.5, 0.6) is 0 Å². The summed E-state index contributed by atoms with van der Waals surface area (Å²) in [4.78, 5) is 2.38. The van der Waals surface area contributed by atoms with Crippen LogP contribution in [-0.4, -0.2) is 37.0 Å². The summed E-state index contributed by atoms with van der Waals surface area (Å²) in [5.74, 6) is 0.472. The van der Waals surface area contributed by atoms with E-state index in [2.05, 4.69) is 16.3 Å². The van der Waals surface area contributed by atoms with Gasteiger partial charge >= 0.3 is 0 Å². The lowest BCUT2D eigenvalue weighted by molar-refractivity contribution is 0.0343. The lowest BCUT2D eigenvalue weighted by Gasteiger charge is -2.27. The maximum absolute atomic E-state index is 7.50. The molecule has 4 nitrogen and oxygen atoms in total. The third-order valence-corrected chi connectivity index (χ3v) is 2.84. The number of ether oxygens (including phenoxy) is 1. The van der Waals surface area contributed by atoms with E-state index in [0.717, 1.165) is 38.5 Å². The van der Waals surface area contributed by atoms with Gasteiger partial charge in [-0.2, -0.15) is 0 Å². The second-order valence-electron chi connectivity index (χ2n) is 4.30. The zero-order valence-corrected chi connectivity index (χ0v) is 10.2. The van der Waals surface area contributed by atoms with E-state index in [1.54, 1.807) is 6.92 Å². The standard InChI is InChI=1S/C13H19N3O/c1-11(14)15-13-5-3-2-4-12(13)10-16-6-8-17-9-7-16/h2-5H,6-10H2,1H3,(H2,14,15). The highest BCUT2D eigenvalue weighted by atomic mass is 16.5. The Labute approximate surface area is 102 Å². The molecule has 1 aromatic carbocycles. The smallest absolute Gasteiger partial charge is 0.0944 e. The Morgan fingerprint density at radius 2 is 2.06 bits per heavy atom. The van der Waals surface area contributed by atoms with Crippen molar-refractivity contribution in [2.24, 2.45) is 0 Å². The monoisotopic (exact) mass is 233 g/mol. The molecule has 1 heterocycles. The van der Waals surface area contributed by atoms with Gasteiger partial charge < -0.3 is 10.1 Å².